The third-order valence-electron chi connectivity index (χ3n) is 2.94. The highest BCUT2D eigenvalue weighted by atomic mass is 79.9. The molecule has 0 atom stereocenters. The van der Waals surface area contributed by atoms with Gasteiger partial charge in [0.05, 0.1) is 17.2 Å². The van der Waals surface area contributed by atoms with Gasteiger partial charge in [0.25, 0.3) is 0 Å². The Morgan fingerprint density at radius 2 is 2.11 bits per heavy atom. The van der Waals surface area contributed by atoms with Gasteiger partial charge in [0.15, 0.2) is 0 Å². The second-order valence-corrected chi connectivity index (χ2v) is 5.01. The lowest BCUT2D eigenvalue weighted by Gasteiger charge is -2.06. The SMILES string of the molecule is Cn1c(-c2cc(Br)ccc2N)nc2ccncc21. The zero-order chi connectivity index (χ0) is 12.7. The van der Waals surface area contributed by atoms with Crippen molar-refractivity contribution < 1.29 is 0 Å². The van der Waals surface area contributed by atoms with Crippen LogP contribution in [-0.2, 0) is 7.05 Å². The van der Waals surface area contributed by atoms with E-state index in [9.17, 15) is 0 Å². The minimum atomic E-state index is 0.713. The molecule has 90 valence electrons. The highest BCUT2D eigenvalue weighted by molar-refractivity contribution is 9.10. The Morgan fingerprint density at radius 3 is 2.89 bits per heavy atom. The minimum absolute atomic E-state index is 0.713. The fraction of sp³-hybridized carbons (Fsp3) is 0.0769. The first kappa shape index (κ1) is 11.2. The number of hydrogen-bond acceptors (Lipinski definition) is 3. The predicted molar refractivity (Wildman–Crippen MR) is 76.1 cm³/mol. The largest absolute Gasteiger partial charge is 0.398 e. The van der Waals surface area contributed by atoms with Crippen LogP contribution in [0.25, 0.3) is 22.4 Å². The molecule has 3 aromatic rings. The third-order valence-corrected chi connectivity index (χ3v) is 3.43. The fourth-order valence-corrected chi connectivity index (χ4v) is 2.36. The molecule has 0 aliphatic carbocycles. The molecule has 2 aromatic heterocycles. The number of anilines is 1. The molecule has 1 aromatic carbocycles. The van der Waals surface area contributed by atoms with Gasteiger partial charge in [-0.15, -0.1) is 0 Å². The lowest BCUT2D eigenvalue weighted by molar-refractivity contribution is 0.957. The van der Waals surface area contributed by atoms with Gasteiger partial charge in [-0.05, 0) is 24.3 Å². The summed E-state index contributed by atoms with van der Waals surface area (Å²) in [6.07, 6.45) is 3.55. The Morgan fingerprint density at radius 1 is 1.28 bits per heavy atom. The van der Waals surface area contributed by atoms with Crippen LogP contribution in [0.3, 0.4) is 0 Å². The summed E-state index contributed by atoms with van der Waals surface area (Å²) in [5.41, 5.74) is 9.57. The molecular formula is C13H11BrN4. The summed E-state index contributed by atoms with van der Waals surface area (Å²) in [6, 6.07) is 7.66. The van der Waals surface area contributed by atoms with Crippen LogP contribution in [0.15, 0.2) is 41.1 Å². The summed E-state index contributed by atoms with van der Waals surface area (Å²) >= 11 is 3.46. The Balaban J connectivity index is 2.31. The van der Waals surface area contributed by atoms with E-state index in [4.69, 9.17) is 5.73 Å². The number of fused-ring (bicyclic) bond motifs is 1. The van der Waals surface area contributed by atoms with Gasteiger partial charge < -0.3 is 10.3 Å². The number of nitrogens with two attached hydrogens (primary N) is 1. The predicted octanol–water partition coefficient (Wildman–Crippen LogP) is 2.98. The average molecular weight is 303 g/mol. The lowest BCUT2D eigenvalue weighted by atomic mass is 10.2. The molecule has 4 nitrogen and oxygen atoms in total. The molecule has 0 saturated heterocycles. The highest BCUT2D eigenvalue weighted by Crippen LogP contribution is 2.30. The normalized spacial score (nSPS) is 11.0. The molecule has 0 spiro atoms. The second kappa shape index (κ2) is 4.10. The Bertz CT molecular complexity index is 733. The van der Waals surface area contributed by atoms with Crippen molar-refractivity contribution >= 4 is 32.7 Å². The van der Waals surface area contributed by atoms with Gasteiger partial charge in [0, 0.05) is 29.0 Å². The van der Waals surface area contributed by atoms with Crippen molar-refractivity contribution in [1.82, 2.24) is 14.5 Å². The number of nitrogen functional groups attached to an aromatic ring is 1. The van der Waals surface area contributed by atoms with E-state index in [2.05, 4.69) is 25.9 Å². The van der Waals surface area contributed by atoms with Gasteiger partial charge in [0.2, 0.25) is 0 Å². The van der Waals surface area contributed by atoms with E-state index >= 15 is 0 Å². The van der Waals surface area contributed by atoms with E-state index in [0.29, 0.717) is 5.69 Å². The highest BCUT2D eigenvalue weighted by Gasteiger charge is 2.12. The van der Waals surface area contributed by atoms with E-state index in [1.165, 1.54) is 0 Å². The van der Waals surface area contributed by atoms with Crippen LogP contribution in [0.5, 0.6) is 0 Å². The van der Waals surface area contributed by atoms with Crippen LogP contribution < -0.4 is 5.73 Å². The molecular weight excluding hydrogens is 292 g/mol. The Labute approximate surface area is 113 Å². The molecule has 3 rings (SSSR count). The van der Waals surface area contributed by atoms with Crippen molar-refractivity contribution in [3.63, 3.8) is 0 Å². The summed E-state index contributed by atoms with van der Waals surface area (Å²) in [6.45, 7) is 0. The number of benzene rings is 1. The number of imidazole rings is 1. The van der Waals surface area contributed by atoms with Crippen molar-refractivity contribution in [2.75, 3.05) is 5.73 Å². The molecule has 0 amide bonds. The van der Waals surface area contributed by atoms with Crippen LogP contribution in [0, 0.1) is 0 Å². The third kappa shape index (κ3) is 1.67. The number of aryl methyl sites for hydroxylation is 1. The summed E-state index contributed by atoms with van der Waals surface area (Å²) < 4.78 is 2.98. The van der Waals surface area contributed by atoms with Crippen molar-refractivity contribution in [2.45, 2.75) is 0 Å². The van der Waals surface area contributed by atoms with Crippen molar-refractivity contribution in [3.05, 3.63) is 41.1 Å². The van der Waals surface area contributed by atoms with E-state index < -0.39 is 0 Å². The molecule has 2 heterocycles. The number of pyridine rings is 1. The number of nitrogens with zero attached hydrogens (tertiary/aromatic N) is 3. The molecule has 0 saturated carbocycles. The quantitative estimate of drug-likeness (QED) is 0.703. The molecule has 0 aliphatic rings. The number of aromatic nitrogens is 3. The molecule has 0 bridgehead atoms. The standard InChI is InChI=1S/C13H11BrN4/c1-18-12-7-16-5-4-11(12)17-13(18)9-6-8(14)2-3-10(9)15/h2-7H,15H2,1H3. The molecule has 0 radical (unpaired) electrons. The molecule has 0 unspecified atom stereocenters. The summed E-state index contributed by atoms with van der Waals surface area (Å²) in [5, 5.41) is 0. The first-order chi connectivity index (χ1) is 8.66. The first-order valence-electron chi connectivity index (χ1n) is 5.48. The fourth-order valence-electron chi connectivity index (χ4n) is 2.00. The Hall–Kier alpha value is -1.88. The van der Waals surface area contributed by atoms with Crippen molar-refractivity contribution in [1.29, 1.82) is 0 Å². The molecule has 0 aliphatic heterocycles. The van der Waals surface area contributed by atoms with Gasteiger partial charge in [-0.1, -0.05) is 15.9 Å². The summed E-state index contributed by atoms with van der Waals surface area (Å²) in [7, 11) is 1.96. The monoisotopic (exact) mass is 302 g/mol. The molecule has 18 heavy (non-hydrogen) atoms. The van der Waals surface area contributed by atoms with Gasteiger partial charge in [-0.3, -0.25) is 4.98 Å². The zero-order valence-electron chi connectivity index (χ0n) is 9.76. The Kier molecular flexibility index (Phi) is 2.56. The maximum atomic E-state index is 6.02. The van der Waals surface area contributed by atoms with Gasteiger partial charge in [-0.2, -0.15) is 0 Å². The van der Waals surface area contributed by atoms with Gasteiger partial charge >= 0.3 is 0 Å². The van der Waals surface area contributed by atoms with Crippen molar-refractivity contribution in [3.8, 4) is 11.4 Å². The van der Waals surface area contributed by atoms with Crippen molar-refractivity contribution in [2.24, 2.45) is 7.05 Å². The molecule has 0 fully saturated rings. The lowest BCUT2D eigenvalue weighted by Crippen LogP contribution is -1.96. The molecule has 2 N–H and O–H groups in total. The van der Waals surface area contributed by atoms with Crippen LogP contribution in [-0.4, -0.2) is 14.5 Å². The van der Waals surface area contributed by atoms with E-state index in [-0.39, 0.29) is 0 Å². The van der Waals surface area contributed by atoms with Crippen LogP contribution >= 0.6 is 15.9 Å². The minimum Gasteiger partial charge on any atom is -0.398 e. The topological polar surface area (TPSA) is 56.7 Å². The average Bonchev–Trinajstić information content (AvgIpc) is 2.71. The second-order valence-electron chi connectivity index (χ2n) is 4.09. The maximum Gasteiger partial charge on any atom is 0.143 e. The number of rotatable bonds is 1. The summed E-state index contributed by atoms with van der Waals surface area (Å²) in [5.74, 6) is 0.844. The van der Waals surface area contributed by atoms with E-state index in [0.717, 1.165) is 26.9 Å². The smallest absolute Gasteiger partial charge is 0.143 e. The molecule has 5 heteroatoms. The van der Waals surface area contributed by atoms with Crippen LogP contribution in [0.1, 0.15) is 0 Å². The first-order valence-corrected chi connectivity index (χ1v) is 6.28. The number of halogens is 1. The number of hydrogen-bond donors (Lipinski definition) is 1. The van der Waals surface area contributed by atoms with E-state index in [1.54, 1.807) is 12.4 Å². The van der Waals surface area contributed by atoms with Crippen LogP contribution in [0.4, 0.5) is 5.69 Å². The van der Waals surface area contributed by atoms with Gasteiger partial charge in [0.1, 0.15) is 5.82 Å². The summed E-state index contributed by atoms with van der Waals surface area (Å²) in [4.78, 5) is 8.73. The zero-order valence-corrected chi connectivity index (χ0v) is 11.3. The van der Waals surface area contributed by atoms with Crippen LogP contribution in [0.2, 0.25) is 0 Å². The maximum absolute atomic E-state index is 6.02. The van der Waals surface area contributed by atoms with E-state index in [1.807, 2.05) is 35.9 Å². The van der Waals surface area contributed by atoms with Gasteiger partial charge in [-0.25, -0.2) is 4.98 Å².